The molecule has 0 saturated heterocycles. The summed E-state index contributed by atoms with van der Waals surface area (Å²) in [6.45, 7) is 2.76. The van der Waals surface area contributed by atoms with Crippen LogP contribution >= 0.6 is 0 Å². The van der Waals surface area contributed by atoms with Gasteiger partial charge in [-0.3, -0.25) is 4.79 Å². The van der Waals surface area contributed by atoms with Crippen LogP contribution < -0.4 is 5.32 Å². The fourth-order valence-corrected chi connectivity index (χ4v) is 4.48. The van der Waals surface area contributed by atoms with Gasteiger partial charge in [-0.2, -0.15) is 0 Å². The summed E-state index contributed by atoms with van der Waals surface area (Å²) in [5, 5.41) is 13.5. The number of carbonyl (C=O) groups excluding carboxylic acids is 1. The first-order valence-corrected chi connectivity index (χ1v) is 9.95. The lowest BCUT2D eigenvalue weighted by atomic mass is 9.91. The maximum Gasteiger partial charge on any atom is 0.254 e. The third-order valence-corrected chi connectivity index (χ3v) is 6.13. The molecule has 4 rings (SSSR count). The Labute approximate surface area is 161 Å². The van der Waals surface area contributed by atoms with E-state index in [1.807, 2.05) is 11.9 Å². The summed E-state index contributed by atoms with van der Waals surface area (Å²) in [4.78, 5) is 14.9. The SMILES string of the molecule is CNc1ccc(Cc2cc3c(cc2C)CN([C@H]2CCCC[C@@H]2O)C3=O)cc1. The summed E-state index contributed by atoms with van der Waals surface area (Å²) in [5.41, 5.74) is 6.68. The zero-order chi connectivity index (χ0) is 19.0. The quantitative estimate of drug-likeness (QED) is 0.865. The molecule has 0 bridgehead atoms. The smallest absolute Gasteiger partial charge is 0.254 e. The van der Waals surface area contributed by atoms with E-state index in [0.717, 1.165) is 48.9 Å². The fourth-order valence-electron chi connectivity index (χ4n) is 4.48. The van der Waals surface area contributed by atoms with Crippen molar-refractivity contribution in [2.24, 2.45) is 0 Å². The molecule has 0 spiro atoms. The van der Waals surface area contributed by atoms with Gasteiger partial charge in [0, 0.05) is 24.8 Å². The van der Waals surface area contributed by atoms with Crippen molar-refractivity contribution in [2.45, 2.75) is 57.7 Å². The maximum atomic E-state index is 13.0. The number of anilines is 1. The molecule has 1 amide bonds. The van der Waals surface area contributed by atoms with Crippen molar-refractivity contribution in [1.82, 2.24) is 4.90 Å². The summed E-state index contributed by atoms with van der Waals surface area (Å²) >= 11 is 0. The average molecular weight is 364 g/mol. The Morgan fingerprint density at radius 3 is 2.59 bits per heavy atom. The molecule has 0 radical (unpaired) electrons. The highest BCUT2D eigenvalue weighted by Crippen LogP contribution is 2.33. The van der Waals surface area contributed by atoms with Gasteiger partial charge in [0.1, 0.15) is 0 Å². The van der Waals surface area contributed by atoms with Crippen LogP contribution in [0.3, 0.4) is 0 Å². The van der Waals surface area contributed by atoms with Crippen LogP contribution in [0.2, 0.25) is 0 Å². The monoisotopic (exact) mass is 364 g/mol. The number of rotatable bonds is 4. The molecule has 27 heavy (non-hydrogen) atoms. The van der Waals surface area contributed by atoms with Crippen molar-refractivity contribution in [3.05, 3.63) is 64.2 Å². The molecule has 1 saturated carbocycles. The maximum absolute atomic E-state index is 13.0. The van der Waals surface area contributed by atoms with E-state index in [0.29, 0.717) is 6.54 Å². The molecule has 1 aliphatic heterocycles. The van der Waals surface area contributed by atoms with Crippen molar-refractivity contribution >= 4 is 11.6 Å². The molecular weight excluding hydrogens is 336 g/mol. The van der Waals surface area contributed by atoms with Crippen molar-refractivity contribution < 1.29 is 9.90 Å². The van der Waals surface area contributed by atoms with Gasteiger partial charge in [-0.05, 0) is 66.6 Å². The Kier molecular flexibility index (Phi) is 4.92. The van der Waals surface area contributed by atoms with Gasteiger partial charge in [0.25, 0.3) is 5.91 Å². The number of carbonyl (C=O) groups is 1. The van der Waals surface area contributed by atoms with Crippen LogP contribution in [0.5, 0.6) is 0 Å². The number of aryl methyl sites for hydroxylation is 1. The standard InChI is InChI=1S/C23H28N2O2/c1-15-11-18-14-25(21-5-3-4-6-22(21)26)23(27)20(18)13-17(15)12-16-7-9-19(24-2)10-8-16/h7-11,13,21-22,24,26H,3-6,12,14H2,1-2H3/t21-,22-/m0/s1. The van der Waals surface area contributed by atoms with E-state index in [-0.39, 0.29) is 18.1 Å². The normalized spacial score (nSPS) is 22.0. The Morgan fingerprint density at radius 1 is 1.15 bits per heavy atom. The average Bonchev–Trinajstić information content (AvgIpc) is 2.98. The Bertz CT molecular complexity index is 844. The Morgan fingerprint density at radius 2 is 1.89 bits per heavy atom. The molecule has 2 aliphatic rings. The topological polar surface area (TPSA) is 52.6 Å². The predicted octanol–water partition coefficient (Wildman–Crippen LogP) is 3.89. The van der Waals surface area contributed by atoms with E-state index >= 15 is 0 Å². The van der Waals surface area contributed by atoms with E-state index in [9.17, 15) is 9.90 Å². The number of aliphatic hydroxyl groups excluding tert-OH is 1. The number of hydrogen-bond acceptors (Lipinski definition) is 3. The summed E-state index contributed by atoms with van der Waals surface area (Å²) in [6, 6.07) is 12.6. The van der Waals surface area contributed by atoms with Crippen LogP contribution in [0, 0.1) is 6.92 Å². The first-order valence-electron chi connectivity index (χ1n) is 9.95. The molecule has 1 heterocycles. The number of nitrogens with one attached hydrogen (secondary N) is 1. The molecule has 1 fully saturated rings. The molecule has 4 heteroatoms. The number of amides is 1. The van der Waals surface area contributed by atoms with E-state index in [4.69, 9.17) is 0 Å². The molecule has 142 valence electrons. The number of fused-ring (bicyclic) bond motifs is 1. The molecule has 0 unspecified atom stereocenters. The van der Waals surface area contributed by atoms with Crippen LogP contribution in [-0.4, -0.2) is 35.1 Å². The highest BCUT2D eigenvalue weighted by Gasteiger charge is 2.37. The number of nitrogens with zero attached hydrogens (tertiary/aromatic N) is 1. The van der Waals surface area contributed by atoms with E-state index in [1.165, 1.54) is 16.7 Å². The fraction of sp³-hybridized carbons (Fsp3) is 0.435. The van der Waals surface area contributed by atoms with Crippen LogP contribution in [0.4, 0.5) is 5.69 Å². The lowest BCUT2D eigenvalue weighted by molar-refractivity contribution is 0.0191. The van der Waals surface area contributed by atoms with Crippen molar-refractivity contribution in [3.63, 3.8) is 0 Å². The third kappa shape index (κ3) is 3.46. The second kappa shape index (κ2) is 7.35. The molecule has 4 nitrogen and oxygen atoms in total. The Hall–Kier alpha value is -2.33. The minimum atomic E-state index is -0.386. The summed E-state index contributed by atoms with van der Waals surface area (Å²) in [6.07, 6.45) is 4.30. The molecule has 2 aromatic rings. The van der Waals surface area contributed by atoms with Gasteiger partial charge in [-0.1, -0.05) is 31.0 Å². The van der Waals surface area contributed by atoms with E-state index in [2.05, 4.69) is 48.6 Å². The van der Waals surface area contributed by atoms with Crippen LogP contribution in [0.1, 0.15) is 58.3 Å². The molecule has 1 aliphatic carbocycles. The van der Waals surface area contributed by atoms with E-state index < -0.39 is 0 Å². The van der Waals surface area contributed by atoms with E-state index in [1.54, 1.807) is 0 Å². The zero-order valence-electron chi connectivity index (χ0n) is 16.2. The highest BCUT2D eigenvalue weighted by atomic mass is 16.3. The number of benzene rings is 2. The van der Waals surface area contributed by atoms with Gasteiger partial charge in [0.2, 0.25) is 0 Å². The largest absolute Gasteiger partial charge is 0.391 e. The van der Waals surface area contributed by atoms with Crippen molar-refractivity contribution in [2.75, 3.05) is 12.4 Å². The Balaban J connectivity index is 1.57. The van der Waals surface area contributed by atoms with Crippen LogP contribution in [-0.2, 0) is 13.0 Å². The molecule has 2 atom stereocenters. The highest BCUT2D eigenvalue weighted by molar-refractivity contribution is 5.99. The lowest BCUT2D eigenvalue weighted by Crippen LogP contribution is -2.45. The minimum Gasteiger partial charge on any atom is -0.391 e. The second-order valence-corrected chi connectivity index (χ2v) is 7.91. The van der Waals surface area contributed by atoms with Gasteiger partial charge < -0.3 is 15.3 Å². The summed E-state index contributed by atoms with van der Waals surface area (Å²) in [5.74, 6) is 0.0859. The second-order valence-electron chi connectivity index (χ2n) is 7.91. The summed E-state index contributed by atoms with van der Waals surface area (Å²) in [7, 11) is 1.92. The van der Waals surface area contributed by atoms with Gasteiger partial charge in [-0.15, -0.1) is 0 Å². The zero-order valence-corrected chi connectivity index (χ0v) is 16.2. The van der Waals surface area contributed by atoms with Crippen LogP contribution in [0.25, 0.3) is 0 Å². The van der Waals surface area contributed by atoms with Crippen LogP contribution in [0.15, 0.2) is 36.4 Å². The molecule has 0 aromatic heterocycles. The molecular formula is C23H28N2O2. The van der Waals surface area contributed by atoms with Gasteiger partial charge in [0.15, 0.2) is 0 Å². The van der Waals surface area contributed by atoms with Gasteiger partial charge in [0.05, 0.1) is 12.1 Å². The van der Waals surface area contributed by atoms with Gasteiger partial charge in [-0.25, -0.2) is 0 Å². The first-order chi connectivity index (χ1) is 13.1. The van der Waals surface area contributed by atoms with Crippen molar-refractivity contribution in [3.8, 4) is 0 Å². The third-order valence-electron chi connectivity index (χ3n) is 6.13. The minimum absolute atomic E-state index is 0.0310. The molecule has 2 aromatic carbocycles. The lowest BCUT2D eigenvalue weighted by Gasteiger charge is -2.35. The predicted molar refractivity (Wildman–Crippen MR) is 108 cm³/mol. The first kappa shape index (κ1) is 18.1. The number of aliphatic hydroxyl groups is 1. The number of hydrogen-bond donors (Lipinski definition) is 2. The van der Waals surface area contributed by atoms with Crippen molar-refractivity contribution in [1.29, 1.82) is 0 Å². The summed E-state index contributed by atoms with van der Waals surface area (Å²) < 4.78 is 0. The molecule has 2 N–H and O–H groups in total. The van der Waals surface area contributed by atoms with Gasteiger partial charge >= 0.3 is 0 Å².